The number of imidazole rings is 1. The molecule has 1 unspecified atom stereocenters. The molecule has 7 nitrogen and oxygen atoms in total. The number of carbonyl (C=O) groups is 1. The Labute approximate surface area is 185 Å². The normalized spacial score (nSPS) is 15.0. The van der Waals surface area contributed by atoms with Crippen molar-refractivity contribution in [3.05, 3.63) is 42.0 Å². The molecule has 0 spiro atoms. The summed E-state index contributed by atoms with van der Waals surface area (Å²) < 4.78 is 50.6. The Hall–Kier alpha value is -2.75. The largest absolute Gasteiger partial charge is 0.490 e. The first kappa shape index (κ1) is 23.9. The second-order valence-corrected chi connectivity index (χ2v) is 8.30. The molecule has 1 aromatic carbocycles. The van der Waals surface area contributed by atoms with Crippen molar-refractivity contribution < 1.29 is 27.4 Å². The van der Waals surface area contributed by atoms with Gasteiger partial charge in [0.1, 0.15) is 12.4 Å². The van der Waals surface area contributed by atoms with Crippen LogP contribution in [0.15, 0.2) is 30.6 Å². The van der Waals surface area contributed by atoms with Crippen LogP contribution in [0.3, 0.4) is 0 Å². The second kappa shape index (κ2) is 10.2. The molecule has 1 aromatic heterocycles. The molecule has 1 aliphatic heterocycles. The number of nitrogens with zero attached hydrogens (tertiary/aromatic N) is 3. The van der Waals surface area contributed by atoms with Crippen molar-refractivity contribution in [1.82, 2.24) is 19.8 Å². The molecule has 1 aliphatic rings. The van der Waals surface area contributed by atoms with Crippen molar-refractivity contribution in [3.63, 3.8) is 0 Å². The average molecular weight is 454 g/mol. The zero-order valence-electron chi connectivity index (χ0n) is 18.5. The van der Waals surface area contributed by atoms with Crippen LogP contribution in [0.1, 0.15) is 37.7 Å². The quantitative estimate of drug-likeness (QED) is 0.661. The third-order valence-corrected chi connectivity index (χ3v) is 5.09. The summed E-state index contributed by atoms with van der Waals surface area (Å²) in [6.45, 7) is 4.22. The maximum absolute atomic E-state index is 12.7. The highest BCUT2D eigenvalue weighted by molar-refractivity contribution is 5.78. The zero-order valence-corrected chi connectivity index (χ0v) is 18.5. The van der Waals surface area contributed by atoms with Crippen LogP contribution in [0.25, 0.3) is 0 Å². The Morgan fingerprint density at radius 1 is 1.25 bits per heavy atom. The molecule has 0 fully saturated rings. The van der Waals surface area contributed by atoms with Gasteiger partial charge in [-0.3, -0.25) is 9.69 Å². The monoisotopic (exact) mass is 454 g/mol. The standard InChI is InChI=1S/C22H29F3N4O3/c1-15(2)21(16-5-6-17-18(11-16)32-10-4-9-31-17)27-20(30)13-28(3)12-19-26-7-8-29(19)14-22(23,24)25/h5-8,11,15,21H,4,9-10,12-14H2,1-3H3,(H,27,30). The molecule has 3 rings (SSSR count). The van der Waals surface area contributed by atoms with Crippen molar-refractivity contribution in [1.29, 1.82) is 0 Å². The summed E-state index contributed by atoms with van der Waals surface area (Å²) in [5, 5.41) is 3.03. The Balaban J connectivity index is 1.62. The predicted octanol–water partition coefficient (Wildman–Crippen LogP) is 3.55. The molecule has 10 heteroatoms. The zero-order chi connectivity index (χ0) is 23.3. The summed E-state index contributed by atoms with van der Waals surface area (Å²) in [5.74, 6) is 1.48. The molecular formula is C22H29F3N4O3. The molecule has 0 aliphatic carbocycles. The molecule has 0 radical (unpaired) electrons. The number of halogens is 3. The van der Waals surface area contributed by atoms with Gasteiger partial charge in [-0.25, -0.2) is 4.98 Å². The van der Waals surface area contributed by atoms with E-state index in [2.05, 4.69) is 10.3 Å². The Bertz CT molecular complexity index is 914. The van der Waals surface area contributed by atoms with Crippen LogP contribution < -0.4 is 14.8 Å². The van der Waals surface area contributed by atoms with E-state index in [1.165, 1.54) is 12.4 Å². The Kier molecular flexibility index (Phi) is 7.65. The first-order valence-electron chi connectivity index (χ1n) is 10.6. The molecule has 1 N–H and O–H groups in total. The van der Waals surface area contributed by atoms with E-state index in [-0.39, 0.29) is 36.8 Å². The lowest BCUT2D eigenvalue weighted by atomic mass is 9.95. The topological polar surface area (TPSA) is 68.6 Å². The van der Waals surface area contributed by atoms with Gasteiger partial charge in [-0.15, -0.1) is 0 Å². The van der Waals surface area contributed by atoms with Gasteiger partial charge in [0, 0.05) is 18.8 Å². The highest BCUT2D eigenvalue weighted by Gasteiger charge is 2.29. The molecule has 1 atom stereocenters. The van der Waals surface area contributed by atoms with Gasteiger partial charge < -0.3 is 19.4 Å². The molecule has 0 bridgehead atoms. The summed E-state index contributed by atoms with van der Waals surface area (Å²) in [4.78, 5) is 18.3. The van der Waals surface area contributed by atoms with Gasteiger partial charge in [-0.1, -0.05) is 19.9 Å². The third kappa shape index (κ3) is 6.62. The molecule has 176 valence electrons. The molecule has 32 heavy (non-hydrogen) atoms. The van der Waals surface area contributed by atoms with Crippen LogP contribution in [0.5, 0.6) is 11.5 Å². The lowest BCUT2D eigenvalue weighted by Gasteiger charge is -2.25. The van der Waals surface area contributed by atoms with Crippen molar-refractivity contribution in [2.24, 2.45) is 5.92 Å². The van der Waals surface area contributed by atoms with E-state index in [4.69, 9.17) is 9.47 Å². The maximum atomic E-state index is 12.7. The van der Waals surface area contributed by atoms with E-state index in [1.807, 2.05) is 32.0 Å². The van der Waals surface area contributed by atoms with Gasteiger partial charge in [0.15, 0.2) is 11.5 Å². The molecule has 2 heterocycles. The third-order valence-electron chi connectivity index (χ3n) is 5.09. The number of hydrogen-bond acceptors (Lipinski definition) is 5. The summed E-state index contributed by atoms with van der Waals surface area (Å²) in [7, 11) is 1.67. The van der Waals surface area contributed by atoms with Crippen molar-refractivity contribution in [3.8, 4) is 11.5 Å². The first-order chi connectivity index (χ1) is 15.1. The number of alkyl halides is 3. The molecule has 1 amide bonds. The fourth-order valence-corrected chi connectivity index (χ4v) is 3.60. The van der Waals surface area contributed by atoms with E-state index in [0.29, 0.717) is 24.7 Å². The van der Waals surface area contributed by atoms with Gasteiger partial charge in [0.2, 0.25) is 5.91 Å². The van der Waals surface area contributed by atoms with Crippen molar-refractivity contribution in [2.75, 3.05) is 26.8 Å². The maximum Gasteiger partial charge on any atom is 0.406 e. The second-order valence-electron chi connectivity index (χ2n) is 8.30. The van der Waals surface area contributed by atoms with Gasteiger partial charge in [0.25, 0.3) is 0 Å². The van der Waals surface area contributed by atoms with Gasteiger partial charge in [-0.2, -0.15) is 13.2 Å². The van der Waals surface area contributed by atoms with Crippen LogP contribution >= 0.6 is 0 Å². The number of fused-ring (bicyclic) bond motifs is 1. The van der Waals surface area contributed by atoms with Gasteiger partial charge >= 0.3 is 6.18 Å². The molecule has 2 aromatic rings. The molecule has 0 saturated carbocycles. The first-order valence-corrected chi connectivity index (χ1v) is 10.6. The minimum Gasteiger partial charge on any atom is -0.490 e. The van der Waals surface area contributed by atoms with E-state index >= 15 is 0 Å². The number of likely N-dealkylation sites (N-methyl/N-ethyl adjacent to an activating group) is 1. The lowest BCUT2D eigenvalue weighted by Crippen LogP contribution is -2.39. The van der Waals surface area contributed by atoms with E-state index in [9.17, 15) is 18.0 Å². The van der Waals surface area contributed by atoms with E-state index < -0.39 is 12.7 Å². The van der Waals surface area contributed by atoms with E-state index in [0.717, 1.165) is 16.6 Å². The number of carbonyl (C=O) groups excluding carboxylic acids is 1. The van der Waals surface area contributed by atoms with Crippen molar-refractivity contribution in [2.45, 2.75) is 45.6 Å². The Morgan fingerprint density at radius 3 is 2.66 bits per heavy atom. The number of amides is 1. The number of hydrogen-bond donors (Lipinski definition) is 1. The summed E-state index contributed by atoms with van der Waals surface area (Å²) in [6, 6.07) is 5.41. The fourth-order valence-electron chi connectivity index (χ4n) is 3.60. The van der Waals surface area contributed by atoms with Crippen LogP contribution in [-0.4, -0.2) is 53.3 Å². The molecular weight excluding hydrogens is 425 g/mol. The van der Waals surface area contributed by atoms with Crippen molar-refractivity contribution >= 4 is 5.91 Å². The predicted molar refractivity (Wildman–Crippen MR) is 112 cm³/mol. The number of aromatic nitrogens is 2. The summed E-state index contributed by atoms with van der Waals surface area (Å²) in [6.07, 6.45) is -0.913. The highest BCUT2D eigenvalue weighted by atomic mass is 19.4. The minimum absolute atomic E-state index is 0.0205. The summed E-state index contributed by atoms with van der Waals surface area (Å²) in [5.41, 5.74) is 0.904. The summed E-state index contributed by atoms with van der Waals surface area (Å²) >= 11 is 0. The van der Waals surface area contributed by atoms with Crippen LogP contribution in [0.4, 0.5) is 13.2 Å². The van der Waals surface area contributed by atoms with Crippen LogP contribution in [0.2, 0.25) is 0 Å². The highest BCUT2D eigenvalue weighted by Crippen LogP contribution is 2.34. The number of benzene rings is 1. The van der Waals surface area contributed by atoms with Crippen LogP contribution in [-0.2, 0) is 17.9 Å². The van der Waals surface area contributed by atoms with Gasteiger partial charge in [-0.05, 0) is 30.7 Å². The number of rotatable bonds is 8. The Morgan fingerprint density at radius 2 is 1.97 bits per heavy atom. The van der Waals surface area contributed by atoms with E-state index in [1.54, 1.807) is 11.9 Å². The number of nitrogens with one attached hydrogen (secondary N) is 1. The number of ether oxygens (including phenoxy) is 2. The van der Waals surface area contributed by atoms with Gasteiger partial charge in [0.05, 0.1) is 32.3 Å². The van der Waals surface area contributed by atoms with Crippen LogP contribution in [0, 0.1) is 5.92 Å². The average Bonchev–Trinajstić information content (AvgIpc) is 2.97. The smallest absolute Gasteiger partial charge is 0.406 e. The SMILES string of the molecule is CC(C)C(NC(=O)CN(C)Cc1nccn1CC(F)(F)F)c1ccc2c(c1)OCCCO2. The fraction of sp³-hybridized carbons (Fsp3) is 0.545. The molecule has 0 saturated heterocycles. The minimum atomic E-state index is -4.33. The lowest BCUT2D eigenvalue weighted by molar-refractivity contribution is -0.141.